The van der Waals surface area contributed by atoms with E-state index in [2.05, 4.69) is 6.58 Å². The monoisotopic (exact) mass is 511 g/mol. The summed E-state index contributed by atoms with van der Waals surface area (Å²) in [6.45, 7) is 5.86. The van der Waals surface area contributed by atoms with E-state index in [0.717, 1.165) is 10.8 Å². The van der Waals surface area contributed by atoms with Gasteiger partial charge in [-0.05, 0) is 41.5 Å². The van der Waals surface area contributed by atoms with Crippen molar-refractivity contribution in [1.29, 1.82) is 0 Å². The fourth-order valence-corrected chi connectivity index (χ4v) is 4.47. The number of amides is 2. The summed E-state index contributed by atoms with van der Waals surface area (Å²) in [4.78, 5) is 65.4. The van der Waals surface area contributed by atoms with Crippen LogP contribution in [0.4, 0.5) is 0 Å². The van der Waals surface area contributed by atoms with Crippen LogP contribution in [0, 0.1) is 6.92 Å². The number of fused-ring (bicyclic) bond motifs is 2. The molecule has 9 nitrogen and oxygen atoms in total. The standard InChI is InChI=1S/C29H21NO8/c1-15-3-6-19-23(11-15)37-24-12-16(2)4-7-20(24)28(19)18-8-5-17(13-21(18)29(35)36)22(31)14-27(34)38-30-25(32)9-10-26(30)33/h3-8,11-13H,1,9-10,14H2,2H3,(H,35,36). The fraction of sp³-hybridized carbons (Fsp3) is 0.138. The van der Waals surface area contributed by atoms with Crippen LogP contribution in [0.2, 0.25) is 0 Å². The lowest BCUT2D eigenvalue weighted by atomic mass is 9.88. The van der Waals surface area contributed by atoms with Crippen molar-refractivity contribution in [1.82, 2.24) is 5.06 Å². The second-order valence-corrected chi connectivity index (χ2v) is 9.02. The van der Waals surface area contributed by atoms with E-state index < -0.39 is 36.0 Å². The zero-order chi connectivity index (χ0) is 27.1. The van der Waals surface area contributed by atoms with Gasteiger partial charge in [0.1, 0.15) is 17.9 Å². The number of nitrogens with zero attached hydrogens (tertiary/aromatic N) is 1. The van der Waals surface area contributed by atoms with E-state index in [1.54, 1.807) is 18.2 Å². The number of Topliss-reactive ketones (excluding diaryl/α,β-unsaturated/α-hetero) is 1. The molecule has 2 aliphatic heterocycles. The Morgan fingerprint density at radius 3 is 2.37 bits per heavy atom. The Morgan fingerprint density at radius 1 is 0.947 bits per heavy atom. The van der Waals surface area contributed by atoms with E-state index in [0.29, 0.717) is 38.5 Å². The number of carboxylic acid groups (broad SMARTS) is 1. The van der Waals surface area contributed by atoms with Crippen LogP contribution in [0.5, 0.6) is 11.5 Å². The second kappa shape index (κ2) is 9.44. The summed E-state index contributed by atoms with van der Waals surface area (Å²) in [5.74, 6) is -3.33. The molecule has 0 aliphatic carbocycles. The van der Waals surface area contributed by atoms with Crippen molar-refractivity contribution in [3.8, 4) is 11.5 Å². The van der Waals surface area contributed by atoms with Crippen molar-refractivity contribution in [2.45, 2.75) is 26.2 Å². The van der Waals surface area contributed by atoms with Crippen LogP contribution in [0.1, 0.15) is 56.7 Å². The normalized spacial score (nSPS) is 14.0. The van der Waals surface area contributed by atoms with Crippen LogP contribution >= 0.6 is 0 Å². The molecule has 0 bridgehead atoms. The molecule has 3 aromatic carbocycles. The molecule has 5 rings (SSSR count). The van der Waals surface area contributed by atoms with Crippen LogP contribution in [0.3, 0.4) is 0 Å². The quantitative estimate of drug-likeness (QED) is 0.238. The molecule has 1 saturated heterocycles. The molecule has 38 heavy (non-hydrogen) atoms. The van der Waals surface area contributed by atoms with E-state index in [4.69, 9.17) is 9.57 Å². The Hall–Kier alpha value is -5.05. The summed E-state index contributed by atoms with van der Waals surface area (Å²) in [6, 6.07) is 15.1. The summed E-state index contributed by atoms with van der Waals surface area (Å²) in [7, 11) is 0. The maximum Gasteiger partial charge on any atom is 0.340 e. The number of carboxylic acids is 1. The van der Waals surface area contributed by atoms with Gasteiger partial charge < -0.3 is 14.7 Å². The molecule has 0 unspecified atom stereocenters. The van der Waals surface area contributed by atoms with Crippen molar-refractivity contribution < 1.29 is 38.7 Å². The Labute approximate surface area is 216 Å². The molecule has 0 saturated carbocycles. The SMILES string of the molecule is C=c1ccc2c(c1)Oc1cc(C)ccc1C=2c1ccc(C(=O)CC(=O)ON2C(=O)CCC2=O)cc1C(=O)O. The Balaban J connectivity index is 1.54. The van der Waals surface area contributed by atoms with Gasteiger partial charge in [-0.1, -0.05) is 43.0 Å². The van der Waals surface area contributed by atoms with Gasteiger partial charge in [-0.15, -0.1) is 5.06 Å². The zero-order valence-corrected chi connectivity index (χ0v) is 20.3. The highest BCUT2D eigenvalue weighted by atomic mass is 16.7. The van der Waals surface area contributed by atoms with Crippen molar-refractivity contribution >= 4 is 41.7 Å². The molecule has 1 N–H and O–H groups in total. The molecule has 0 atom stereocenters. The van der Waals surface area contributed by atoms with Crippen LogP contribution < -0.4 is 15.2 Å². The summed E-state index contributed by atoms with van der Waals surface area (Å²) in [6.07, 6.45) is -0.929. The van der Waals surface area contributed by atoms with Crippen molar-refractivity contribution in [2.24, 2.45) is 0 Å². The molecular formula is C29H21NO8. The van der Waals surface area contributed by atoms with E-state index >= 15 is 0 Å². The molecule has 1 fully saturated rings. The first kappa shape index (κ1) is 24.6. The molecule has 2 heterocycles. The maximum absolute atomic E-state index is 12.8. The Kier molecular flexibility index (Phi) is 6.12. The number of carbonyl (C=O) groups excluding carboxylic acids is 4. The number of ketones is 1. The Bertz CT molecular complexity index is 1670. The number of aromatic carboxylic acids is 1. The Morgan fingerprint density at radius 2 is 1.66 bits per heavy atom. The molecule has 2 amide bonds. The van der Waals surface area contributed by atoms with Gasteiger partial charge in [0.2, 0.25) is 0 Å². The number of hydrogen-bond donors (Lipinski definition) is 1. The van der Waals surface area contributed by atoms with Gasteiger partial charge in [0.05, 0.1) is 5.56 Å². The third kappa shape index (κ3) is 4.45. The van der Waals surface area contributed by atoms with Gasteiger partial charge in [-0.25, -0.2) is 9.59 Å². The summed E-state index contributed by atoms with van der Waals surface area (Å²) in [5, 5.41) is 11.8. The lowest BCUT2D eigenvalue weighted by Crippen LogP contribution is -2.32. The summed E-state index contributed by atoms with van der Waals surface area (Å²) >= 11 is 0. The average Bonchev–Trinajstić information content (AvgIpc) is 3.18. The number of ether oxygens (including phenoxy) is 1. The first-order valence-electron chi connectivity index (χ1n) is 11.7. The number of hydrogen-bond acceptors (Lipinski definition) is 7. The van der Waals surface area contributed by atoms with Crippen LogP contribution in [-0.2, 0) is 19.2 Å². The number of rotatable bonds is 6. The highest BCUT2D eigenvalue weighted by Crippen LogP contribution is 2.37. The van der Waals surface area contributed by atoms with E-state index in [1.807, 2.05) is 25.1 Å². The molecule has 9 heteroatoms. The summed E-state index contributed by atoms with van der Waals surface area (Å²) in [5.41, 5.74) is 2.43. The topological polar surface area (TPSA) is 127 Å². The third-order valence-corrected chi connectivity index (χ3v) is 6.29. The predicted octanol–water partition coefficient (Wildman–Crippen LogP) is 2.64. The molecule has 0 spiro atoms. The molecule has 2 aliphatic rings. The first-order chi connectivity index (χ1) is 18.1. The molecular weight excluding hydrogens is 490 g/mol. The van der Waals surface area contributed by atoms with Crippen LogP contribution in [0.15, 0.2) is 54.6 Å². The lowest BCUT2D eigenvalue weighted by molar-refractivity contribution is -0.196. The van der Waals surface area contributed by atoms with E-state index in [-0.39, 0.29) is 24.0 Å². The minimum Gasteiger partial charge on any atom is -0.478 e. The van der Waals surface area contributed by atoms with Gasteiger partial charge in [0.25, 0.3) is 11.8 Å². The number of aryl methyl sites for hydroxylation is 1. The molecule has 3 aromatic rings. The number of benzene rings is 3. The predicted molar refractivity (Wildman–Crippen MR) is 134 cm³/mol. The highest BCUT2D eigenvalue weighted by Gasteiger charge is 2.33. The van der Waals surface area contributed by atoms with E-state index in [1.165, 1.54) is 18.2 Å². The van der Waals surface area contributed by atoms with Gasteiger partial charge in [-0.2, -0.15) is 0 Å². The maximum atomic E-state index is 12.8. The average molecular weight is 511 g/mol. The third-order valence-electron chi connectivity index (χ3n) is 6.29. The van der Waals surface area contributed by atoms with Gasteiger partial charge in [-0.3, -0.25) is 14.4 Å². The number of carbonyl (C=O) groups is 5. The first-order valence-corrected chi connectivity index (χ1v) is 11.7. The van der Waals surface area contributed by atoms with Gasteiger partial charge in [0, 0.05) is 34.8 Å². The summed E-state index contributed by atoms with van der Waals surface area (Å²) < 4.78 is 6.10. The molecule has 190 valence electrons. The second-order valence-electron chi connectivity index (χ2n) is 9.02. The zero-order valence-electron chi connectivity index (χ0n) is 20.3. The smallest absolute Gasteiger partial charge is 0.340 e. The van der Waals surface area contributed by atoms with Gasteiger partial charge in [0.15, 0.2) is 5.78 Å². The molecule has 0 radical (unpaired) electrons. The lowest BCUT2D eigenvalue weighted by Gasteiger charge is -2.22. The fourth-order valence-electron chi connectivity index (χ4n) is 4.47. The largest absolute Gasteiger partial charge is 0.478 e. The highest BCUT2D eigenvalue weighted by molar-refractivity contribution is 6.09. The minimum atomic E-state index is -1.27. The van der Waals surface area contributed by atoms with Crippen LogP contribution in [-0.4, -0.2) is 39.7 Å². The number of hydroxylamine groups is 2. The van der Waals surface area contributed by atoms with Crippen LogP contribution in [0.25, 0.3) is 12.2 Å². The van der Waals surface area contributed by atoms with Crippen molar-refractivity contribution in [3.63, 3.8) is 0 Å². The van der Waals surface area contributed by atoms with Gasteiger partial charge >= 0.3 is 11.9 Å². The minimum absolute atomic E-state index is 0.0349. The number of imide groups is 1. The molecule has 0 aromatic heterocycles. The van der Waals surface area contributed by atoms with E-state index in [9.17, 15) is 29.1 Å². The van der Waals surface area contributed by atoms with Crippen molar-refractivity contribution in [3.05, 3.63) is 92.9 Å². The van der Waals surface area contributed by atoms with Crippen molar-refractivity contribution in [2.75, 3.05) is 0 Å².